The highest BCUT2D eigenvalue weighted by Crippen LogP contribution is 2.11. The van der Waals surface area contributed by atoms with Gasteiger partial charge in [0.15, 0.2) is 0 Å². The number of aromatic nitrogens is 2. The second-order valence-electron chi connectivity index (χ2n) is 5.43. The minimum Gasteiger partial charge on any atom is -0.340 e. The highest BCUT2D eigenvalue weighted by Gasteiger charge is 2.06. The van der Waals surface area contributed by atoms with Crippen molar-refractivity contribution in [2.45, 2.75) is 6.54 Å². The average molecular weight is 305 g/mol. The van der Waals surface area contributed by atoms with Gasteiger partial charge in [0, 0.05) is 26.2 Å². The van der Waals surface area contributed by atoms with Crippen molar-refractivity contribution in [1.82, 2.24) is 14.5 Å². The van der Waals surface area contributed by atoms with Crippen LogP contribution in [-0.4, -0.2) is 34.0 Å². The number of hydrogen-bond donors (Lipinski definition) is 0. The Bertz CT molecular complexity index is 821. The van der Waals surface area contributed by atoms with Crippen LogP contribution < -0.4 is 0 Å². The number of benzene rings is 2. The molecule has 1 amide bonds. The largest absolute Gasteiger partial charge is 0.340 e. The van der Waals surface area contributed by atoms with Crippen LogP contribution in [0.2, 0.25) is 0 Å². The third-order valence-corrected chi connectivity index (χ3v) is 3.80. The molecule has 0 spiro atoms. The number of rotatable bonds is 5. The first-order valence-corrected chi connectivity index (χ1v) is 7.62. The zero-order valence-corrected chi connectivity index (χ0v) is 13.1. The van der Waals surface area contributed by atoms with Gasteiger partial charge in [-0.25, -0.2) is 4.98 Å². The number of amides is 1. The molecule has 0 aliphatic rings. The van der Waals surface area contributed by atoms with Crippen molar-refractivity contribution in [2.24, 2.45) is 0 Å². The first-order valence-electron chi connectivity index (χ1n) is 7.62. The van der Waals surface area contributed by atoms with Crippen LogP contribution in [-0.2, 0) is 11.3 Å². The van der Waals surface area contributed by atoms with Crippen LogP contribution in [0, 0.1) is 0 Å². The van der Waals surface area contributed by atoms with E-state index in [2.05, 4.69) is 9.55 Å². The number of hydrogen-bond acceptors (Lipinski definition) is 2. The van der Waals surface area contributed by atoms with Gasteiger partial charge in [0.25, 0.3) is 0 Å². The van der Waals surface area contributed by atoms with E-state index in [1.807, 2.05) is 74.0 Å². The van der Waals surface area contributed by atoms with Gasteiger partial charge in [-0.1, -0.05) is 42.5 Å². The van der Waals surface area contributed by atoms with Crippen molar-refractivity contribution >= 4 is 23.0 Å². The lowest BCUT2D eigenvalue weighted by atomic mass is 10.2. The SMILES string of the molecule is CN(CCn1cnc2ccccc21)C(=O)C=Cc1ccccc1. The van der Waals surface area contributed by atoms with Crippen LogP contribution in [0.5, 0.6) is 0 Å². The Hall–Kier alpha value is -2.88. The van der Waals surface area contributed by atoms with Gasteiger partial charge in [-0.05, 0) is 23.8 Å². The molecule has 1 heterocycles. The average Bonchev–Trinajstić information content (AvgIpc) is 3.01. The normalized spacial score (nSPS) is 11.2. The number of carbonyl (C=O) groups excluding carboxylic acids is 1. The fourth-order valence-electron chi connectivity index (χ4n) is 2.42. The third kappa shape index (κ3) is 3.66. The maximum atomic E-state index is 12.2. The van der Waals surface area contributed by atoms with Crippen molar-refractivity contribution in [2.75, 3.05) is 13.6 Å². The minimum absolute atomic E-state index is 0.00160. The predicted octanol–water partition coefficient (Wildman–Crippen LogP) is 3.21. The van der Waals surface area contributed by atoms with E-state index in [0.29, 0.717) is 6.54 Å². The van der Waals surface area contributed by atoms with Crippen LogP contribution in [0.1, 0.15) is 5.56 Å². The fraction of sp³-hybridized carbons (Fsp3) is 0.158. The zero-order chi connectivity index (χ0) is 16.1. The van der Waals surface area contributed by atoms with E-state index in [4.69, 9.17) is 0 Å². The Morgan fingerprint density at radius 2 is 1.87 bits per heavy atom. The highest BCUT2D eigenvalue weighted by molar-refractivity contribution is 5.91. The molecule has 2 aromatic carbocycles. The standard InChI is InChI=1S/C19H19N3O/c1-21(19(23)12-11-16-7-3-2-4-8-16)13-14-22-15-20-17-9-5-6-10-18(17)22/h2-12,15H,13-14H2,1H3. The predicted molar refractivity (Wildman–Crippen MR) is 92.8 cm³/mol. The van der Waals surface area contributed by atoms with Gasteiger partial charge in [0.05, 0.1) is 17.4 Å². The molecule has 4 nitrogen and oxygen atoms in total. The number of fused-ring (bicyclic) bond motifs is 1. The molecule has 0 aliphatic heterocycles. The van der Waals surface area contributed by atoms with E-state index in [9.17, 15) is 4.79 Å². The minimum atomic E-state index is -0.00160. The molecular formula is C19H19N3O. The van der Waals surface area contributed by atoms with Gasteiger partial charge in [-0.3, -0.25) is 4.79 Å². The smallest absolute Gasteiger partial charge is 0.246 e. The summed E-state index contributed by atoms with van der Waals surface area (Å²) >= 11 is 0. The summed E-state index contributed by atoms with van der Waals surface area (Å²) in [5, 5.41) is 0. The van der Waals surface area contributed by atoms with Crippen LogP contribution >= 0.6 is 0 Å². The van der Waals surface area contributed by atoms with Crippen LogP contribution in [0.4, 0.5) is 0 Å². The molecule has 4 heteroatoms. The number of para-hydroxylation sites is 2. The van der Waals surface area contributed by atoms with E-state index in [0.717, 1.165) is 23.1 Å². The van der Waals surface area contributed by atoms with Gasteiger partial charge in [-0.2, -0.15) is 0 Å². The first kappa shape index (κ1) is 15.0. The molecule has 1 aromatic heterocycles. The molecule has 0 saturated carbocycles. The number of nitrogens with zero attached hydrogens (tertiary/aromatic N) is 3. The van der Waals surface area contributed by atoms with E-state index < -0.39 is 0 Å². The molecular weight excluding hydrogens is 286 g/mol. The molecule has 0 fully saturated rings. The summed E-state index contributed by atoms with van der Waals surface area (Å²) in [5.41, 5.74) is 3.09. The monoisotopic (exact) mass is 305 g/mol. The number of carbonyl (C=O) groups is 1. The van der Waals surface area contributed by atoms with Crippen molar-refractivity contribution < 1.29 is 4.79 Å². The quantitative estimate of drug-likeness (QED) is 0.679. The van der Waals surface area contributed by atoms with Gasteiger partial charge in [0.2, 0.25) is 5.91 Å². The summed E-state index contributed by atoms with van der Waals surface area (Å²) in [6.45, 7) is 1.36. The lowest BCUT2D eigenvalue weighted by Crippen LogP contribution is -2.28. The van der Waals surface area contributed by atoms with Gasteiger partial charge >= 0.3 is 0 Å². The lowest BCUT2D eigenvalue weighted by molar-refractivity contribution is -0.124. The summed E-state index contributed by atoms with van der Waals surface area (Å²) in [4.78, 5) is 18.2. The van der Waals surface area contributed by atoms with Crippen molar-refractivity contribution in [3.63, 3.8) is 0 Å². The Morgan fingerprint density at radius 3 is 2.70 bits per heavy atom. The van der Waals surface area contributed by atoms with Crippen LogP contribution in [0.15, 0.2) is 67.0 Å². The van der Waals surface area contributed by atoms with Crippen LogP contribution in [0.3, 0.4) is 0 Å². The van der Waals surface area contributed by atoms with E-state index >= 15 is 0 Å². The molecule has 0 N–H and O–H groups in total. The topological polar surface area (TPSA) is 38.1 Å². The summed E-state index contributed by atoms with van der Waals surface area (Å²) < 4.78 is 2.07. The molecule has 0 saturated heterocycles. The van der Waals surface area contributed by atoms with E-state index in [1.54, 1.807) is 11.0 Å². The van der Waals surface area contributed by atoms with Crippen molar-refractivity contribution in [1.29, 1.82) is 0 Å². The molecule has 3 aromatic rings. The van der Waals surface area contributed by atoms with E-state index in [-0.39, 0.29) is 5.91 Å². The van der Waals surface area contributed by atoms with Gasteiger partial charge < -0.3 is 9.47 Å². The Balaban J connectivity index is 1.59. The Morgan fingerprint density at radius 1 is 1.13 bits per heavy atom. The summed E-state index contributed by atoms with van der Waals surface area (Å²) in [6, 6.07) is 17.8. The molecule has 116 valence electrons. The second kappa shape index (κ2) is 6.92. The van der Waals surface area contributed by atoms with Crippen molar-refractivity contribution in [3.05, 3.63) is 72.6 Å². The molecule has 0 aliphatic carbocycles. The molecule has 0 bridgehead atoms. The lowest BCUT2D eigenvalue weighted by Gasteiger charge is -2.15. The molecule has 3 rings (SSSR count). The maximum Gasteiger partial charge on any atom is 0.246 e. The summed E-state index contributed by atoms with van der Waals surface area (Å²) in [5.74, 6) is -0.00160. The maximum absolute atomic E-state index is 12.2. The number of imidazole rings is 1. The molecule has 23 heavy (non-hydrogen) atoms. The third-order valence-electron chi connectivity index (χ3n) is 3.80. The molecule has 0 atom stereocenters. The van der Waals surface area contributed by atoms with E-state index in [1.165, 1.54) is 0 Å². The molecule has 0 unspecified atom stereocenters. The van der Waals surface area contributed by atoms with Gasteiger partial charge in [-0.15, -0.1) is 0 Å². The fourth-order valence-corrected chi connectivity index (χ4v) is 2.42. The van der Waals surface area contributed by atoms with Crippen molar-refractivity contribution in [3.8, 4) is 0 Å². The Kier molecular flexibility index (Phi) is 4.52. The van der Waals surface area contributed by atoms with Gasteiger partial charge in [0.1, 0.15) is 0 Å². The second-order valence-corrected chi connectivity index (χ2v) is 5.43. The zero-order valence-electron chi connectivity index (χ0n) is 13.1. The Labute approximate surface area is 135 Å². The highest BCUT2D eigenvalue weighted by atomic mass is 16.2. The number of likely N-dealkylation sites (N-methyl/N-ethyl adjacent to an activating group) is 1. The first-order chi connectivity index (χ1) is 11.2. The summed E-state index contributed by atoms with van der Waals surface area (Å²) in [6.07, 6.45) is 5.27. The summed E-state index contributed by atoms with van der Waals surface area (Å²) in [7, 11) is 1.82. The van der Waals surface area contributed by atoms with Crippen LogP contribution in [0.25, 0.3) is 17.1 Å². The molecule has 0 radical (unpaired) electrons.